The van der Waals surface area contributed by atoms with Crippen LogP contribution in [0.2, 0.25) is 0 Å². The van der Waals surface area contributed by atoms with Crippen molar-refractivity contribution in [3.8, 4) is 0 Å². The molecule has 0 atom stereocenters. The maximum atomic E-state index is 11.9. The highest BCUT2D eigenvalue weighted by Gasteiger charge is 2.10. The third-order valence-electron chi connectivity index (χ3n) is 3.50. The van der Waals surface area contributed by atoms with Gasteiger partial charge in [-0.2, -0.15) is 5.10 Å². The maximum Gasteiger partial charge on any atom is 0.246 e. The van der Waals surface area contributed by atoms with Gasteiger partial charge in [-0.05, 0) is 30.3 Å². The second-order valence-electron chi connectivity index (χ2n) is 5.04. The largest absolute Gasteiger partial charge is 0.369 e. The monoisotopic (exact) mass is 285 g/mol. The zero-order valence-corrected chi connectivity index (χ0v) is 11.8. The number of aromatic nitrogens is 2. The van der Waals surface area contributed by atoms with Crippen LogP contribution in [0.4, 0.5) is 11.4 Å². The van der Waals surface area contributed by atoms with Crippen LogP contribution in [-0.2, 0) is 11.3 Å². The van der Waals surface area contributed by atoms with E-state index < -0.39 is 0 Å². The van der Waals surface area contributed by atoms with E-state index >= 15 is 0 Å². The van der Waals surface area contributed by atoms with Gasteiger partial charge < -0.3 is 15.5 Å². The van der Waals surface area contributed by atoms with Crippen LogP contribution in [0.1, 0.15) is 0 Å². The summed E-state index contributed by atoms with van der Waals surface area (Å²) in [5.74, 6) is -0.0753. The highest BCUT2D eigenvalue weighted by molar-refractivity contribution is 5.90. The molecule has 0 aliphatic carbocycles. The molecule has 1 fully saturated rings. The average Bonchev–Trinajstić information content (AvgIpc) is 3.02. The molecule has 1 saturated heterocycles. The molecule has 1 aliphatic heterocycles. The second-order valence-corrected chi connectivity index (χ2v) is 5.04. The Labute approximate surface area is 123 Å². The highest BCUT2D eigenvalue weighted by Crippen LogP contribution is 2.18. The first-order valence-corrected chi connectivity index (χ1v) is 7.14. The van der Waals surface area contributed by atoms with Gasteiger partial charge in [0.1, 0.15) is 6.54 Å². The zero-order valence-electron chi connectivity index (χ0n) is 11.8. The third-order valence-corrected chi connectivity index (χ3v) is 3.50. The molecule has 6 heteroatoms. The topological polar surface area (TPSA) is 62.2 Å². The number of piperazine rings is 1. The van der Waals surface area contributed by atoms with Gasteiger partial charge in [-0.15, -0.1) is 0 Å². The molecule has 0 unspecified atom stereocenters. The SMILES string of the molecule is O=C(Cn1cccn1)Nc1ccc(N2CCNCC2)cc1. The summed E-state index contributed by atoms with van der Waals surface area (Å²) < 4.78 is 1.60. The van der Waals surface area contributed by atoms with Crippen LogP contribution in [0, 0.1) is 0 Å². The van der Waals surface area contributed by atoms with Crippen molar-refractivity contribution in [3.05, 3.63) is 42.7 Å². The summed E-state index contributed by atoms with van der Waals surface area (Å²) in [6, 6.07) is 9.79. The number of nitrogens with one attached hydrogen (secondary N) is 2. The highest BCUT2D eigenvalue weighted by atomic mass is 16.2. The van der Waals surface area contributed by atoms with Crippen molar-refractivity contribution in [3.63, 3.8) is 0 Å². The fourth-order valence-electron chi connectivity index (χ4n) is 2.42. The van der Waals surface area contributed by atoms with Gasteiger partial charge in [0.25, 0.3) is 0 Å². The summed E-state index contributed by atoms with van der Waals surface area (Å²) in [4.78, 5) is 14.2. The van der Waals surface area contributed by atoms with Crippen molar-refractivity contribution in [1.82, 2.24) is 15.1 Å². The lowest BCUT2D eigenvalue weighted by Gasteiger charge is -2.29. The van der Waals surface area contributed by atoms with E-state index in [0.29, 0.717) is 0 Å². The Balaban J connectivity index is 1.57. The molecule has 2 aromatic rings. The normalized spacial score (nSPS) is 15.0. The van der Waals surface area contributed by atoms with Crippen molar-refractivity contribution in [2.45, 2.75) is 6.54 Å². The third kappa shape index (κ3) is 3.61. The van der Waals surface area contributed by atoms with Gasteiger partial charge in [0.15, 0.2) is 0 Å². The van der Waals surface area contributed by atoms with E-state index in [1.807, 2.05) is 12.1 Å². The molecule has 2 N–H and O–H groups in total. The van der Waals surface area contributed by atoms with Gasteiger partial charge in [-0.1, -0.05) is 0 Å². The van der Waals surface area contributed by atoms with Crippen LogP contribution in [0.25, 0.3) is 0 Å². The van der Waals surface area contributed by atoms with E-state index in [1.165, 1.54) is 5.69 Å². The number of benzene rings is 1. The lowest BCUT2D eigenvalue weighted by atomic mass is 10.2. The molecular formula is C15H19N5O. The Kier molecular flexibility index (Phi) is 4.16. The Morgan fingerprint density at radius 2 is 2.00 bits per heavy atom. The lowest BCUT2D eigenvalue weighted by Crippen LogP contribution is -2.43. The number of hydrogen-bond donors (Lipinski definition) is 2. The van der Waals surface area contributed by atoms with Crippen LogP contribution < -0.4 is 15.5 Å². The predicted molar refractivity (Wildman–Crippen MR) is 82.4 cm³/mol. The van der Waals surface area contributed by atoms with E-state index in [-0.39, 0.29) is 12.5 Å². The number of anilines is 2. The minimum Gasteiger partial charge on any atom is -0.369 e. The van der Waals surface area contributed by atoms with Gasteiger partial charge in [0.05, 0.1) is 0 Å². The average molecular weight is 285 g/mol. The second kappa shape index (κ2) is 6.41. The summed E-state index contributed by atoms with van der Waals surface area (Å²) in [7, 11) is 0. The van der Waals surface area contributed by atoms with Gasteiger partial charge >= 0.3 is 0 Å². The molecule has 3 rings (SSSR count). The van der Waals surface area contributed by atoms with Crippen LogP contribution in [-0.4, -0.2) is 41.9 Å². The molecule has 6 nitrogen and oxygen atoms in total. The quantitative estimate of drug-likeness (QED) is 0.877. The van der Waals surface area contributed by atoms with Crippen molar-refractivity contribution < 1.29 is 4.79 Å². The van der Waals surface area contributed by atoms with E-state index in [4.69, 9.17) is 0 Å². The lowest BCUT2D eigenvalue weighted by molar-refractivity contribution is -0.116. The zero-order chi connectivity index (χ0) is 14.5. The minimum atomic E-state index is -0.0753. The van der Waals surface area contributed by atoms with Crippen molar-refractivity contribution in [1.29, 1.82) is 0 Å². The van der Waals surface area contributed by atoms with Crippen molar-refractivity contribution in [2.24, 2.45) is 0 Å². The van der Waals surface area contributed by atoms with E-state index in [1.54, 1.807) is 23.1 Å². The number of rotatable bonds is 4. The summed E-state index contributed by atoms with van der Waals surface area (Å²) in [6.07, 6.45) is 3.43. The van der Waals surface area contributed by atoms with Crippen molar-refractivity contribution in [2.75, 3.05) is 36.4 Å². The molecule has 1 amide bonds. The summed E-state index contributed by atoms with van der Waals surface area (Å²) in [5, 5.41) is 10.2. The standard InChI is InChI=1S/C15H19N5O/c21-15(12-20-9-1-6-17-20)18-13-2-4-14(5-3-13)19-10-7-16-8-11-19/h1-6,9,16H,7-8,10-12H2,(H,18,21). The van der Waals surface area contributed by atoms with Crippen LogP contribution in [0.3, 0.4) is 0 Å². The van der Waals surface area contributed by atoms with Crippen LogP contribution in [0.15, 0.2) is 42.7 Å². The van der Waals surface area contributed by atoms with Gasteiger partial charge in [-0.25, -0.2) is 0 Å². The summed E-state index contributed by atoms with van der Waals surface area (Å²) in [5.41, 5.74) is 2.01. The molecule has 0 bridgehead atoms. The van der Waals surface area contributed by atoms with Crippen molar-refractivity contribution >= 4 is 17.3 Å². The molecule has 1 aliphatic rings. The fraction of sp³-hybridized carbons (Fsp3) is 0.333. The molecule has 0 spiro atoms. The molecule has 2 heterocycles. The Morgan fingerprint density at radius 3 is 2.67 bits per heavy atom. The Bertz CT molecular complexity index is 573. The number of hydrogen-bond acceptors (Lipinski definition) is 4. The number of amides is 1. The number of carbonyl (C=O) groups excluding carboxylic acids is 1. The number of carbonyl (C=O) groups is 1. The predicted octanol–water partition coefficient (Wildman–Crippen LogP) is 0.931. The molecule has 1 aromatic carbocycles. The van der Waals surface area contributed by atoms with E-state index in [9.17, 15) is 4.79 Å². The summed E-state index contributed by atoms with van der Waals surface area (Å²) in [6.45, 7) is 4.30. The van der Waals surface area contributed by atoms with E-state index in [2.05, 4.69) is 32.8 Å². The first-order valence-electron chi connectivity index (χ1n) is 7.14. The van der Waals surface area contributed by atoms with Crippen LogP contribution >= 0.6 is 0 Å². The number of nitrogens with zero attached hydrogens (tertiary/aromatic N) is 3. The molecular weight excluding hydrogens is 266 g/mol. The van der Waals surface area contributed by atoms with Crippen LogP contribution in [0.5, 0.6) is 0 Å². The van der Waals surface area contributed by atoms with Gasteiger partial charge in [0, 0.05) is 49.9 Å². The molecule has 110 valence electrons. The molecule has 0 saturated carbocycles. The minimum absolute atomic E-state index is 0.0753. The molecule has 21 heavy (non-hydrogen) atoms. The fourth-order valence-corrected chi connectivity index (χ4v) is 2.42. The smallest absolute Gasteiger partial charge is 0.246 e. The first kappa shape index (κ1) is 13.6. The Hall–Kier alpha value is -2.34. The van der Waals surface area contributed by atoms with Gasteiger partial charge in [0.2, 0.25) is 5.91 Å². The maximum absolute atomic E-state index is 11.9. The molecule has 0 radical (unpaired) electrons. The van der Waals surface area contributed by atoms with E-state index in [0.717, 1.165) is 31.9 Å². The molecule has 1 aromatic heterocycles. The van der Waals surface area contributed by atoms with Gasteiger partial charge in [-0.3, -0.25) is 9.48 Å². The Morgan fingerprint density at radius 1 is 1.24 bits per heavy atom. The first-order chi connectivity index (χ1) is 10.3. The summed E-state index contributed by atoms with van der Waals surface area (Å²) >= 11 is 0.